The molecule has 15 heavy (non-hydrogen) atoms. The molecule has 1 N–H and O–H groups in total. The van der Waals surface area contributed by atoms with Crippen LogP contribution in [0.5, 0.6) is 0 Å². The molecular formula is C12H15ClFN. The fourth-order valence-electron chi connectivity index (χ4n) is 2.03. The predicted octanol–water partition coefficient (Wildman–Crippen LogP) is 3.02. The molecule has 1 heterocycles. The fraction of sp³-hybridized carbons (Fsp3) is 0.500. The number of aryl methyl sites for hydroxylation is 1. The van der Waals surface area contributed by atoms with E-state index in [2.05, 4.69) is 5.32 Å². The first kappa shape index (κ1) is 10.9. The Morgan fingerprint density at radius 3 is 3.00 bits per heavy atom. The second-order valence-electron chi connectivity index (χ2n) is 4.15. The minimum Gasteiger partial charge on any atom is -0.316 e. The first-order valence-electron chi connectivity index (χ1n) is 5.40. The van der Waals surface area contributed by atoms with E-state index in [1.807, 2.05) is 6.07 Å². The molecule has 0 spiro atoms. The zero-order chi connectivity index (χ0) is 10.7. The van der Waals surface area contributed by atoms with Crippen LogP contribution in [-0.4, -0.2) is 13.1 Å². The lowest BCUT2D eigenvalue weighted by Gasteiger charge is -2.08. The monoisotopic (exact) mass is 227 g/mol. The summed E-state index contributed by atoms with van der Waals surface area (Å²) in [6.45, 7) is 2.25. The molecule has 1 saturated heterocycles. The van der Waals surface area contributed by atoms with E-state index in [9.17, 15) is 4.39 Å². The molecule has 3 heteroatoms. The summed E-state index contributed by atoms with van der Waals surface area (Å²) in [6, 6.07) is 5.01. The highest BCUT2D eigenvalue weighted by Gasteiger charge is 2.14. The zero-order valence-electron chi connectivity index (χ0n) is 8.60. The molecule has 1 aromatic carbocycles. The Morgan fingerprint density at radius 2 is 2.33 bits per heavy atom. The van der Waals surface area contributed by atoms with Crippen LogP contribution in [0.4, 0.5) is 4.39 Å². The molecule has 1 fully saturated rings. The maximum absolute atomic E-state index is 12.9. The summed E-state index contributed by atoms with van der Waals surface area (Å²) in [5.74, 6) is 0.441. The van der Waals surface area contributed by atoms with E-state index in [1.165, 1.54) is 12.5 Å². The topological polar surface area (TPSA) is 12.0 Å². The Hall–Kier alpha value is -0.600. The molecule has 0 bridgehead atoms. The van der Waals surface area contributed by atoms with Gasteiger partial charge in [0.2, 0.25) is 0 Å². The second-order valence-corrected chi connectivity index (χ2v) is 4.55. The van der Waals surface area contributed by atoms with E-state index in [4.69, 9.17) is 11.6 Å². The summed E-state index contributed by atoms with van der Waals surface area (Å²) in [5, 5.41) is 3.58. The summed E-state index contributed by atoms with van der Waals surface area (Å²) in [6.07, 6.45) is 3.41. The van der Waals surface area contributed by atoms with Crippen LogP contribution in [0.2, 0.25) is 5.02 Å². The van der Waals surface area contributed by atoms with Gasteiger partial charge in [0.1, 0.15) is 5.82 Å². The van der Waals surface area contributed by atoms with E-state index >= 15 is 0 Å². The van der Waals surface area contributed by atoms with E-state index in [0.29, 0.717) is 0 Å². The first-order chi connectivity index (χ1) is 7.25. The minimum atomic E-state index is -0.331. The van der Waals surface area contributed by atoms with Gasteiger partial charge in [-0.2, -0.15) is 0 Å². The molecule has 2 rings (SSSR count). The van der Waals surface area contributed by atoms with Gasteiger partial charge >= 0.3 is 0 Å². The molecule has 1 aliphatic rings. The maximum Gasteiger partial charge on any atom is 0.141 e. The van der Waals surface area contributed by atoms with Gasteiger partial charge in [-0.1, -0.05) is 17.7 Å². The van der Waals surface area contributed by atoms with Crippen LogP contribution in [-0.2, 0) is 6.42 Å². The SMILES string of the molecule is Fc1ccc(CCC2CCNC2)cc1Cl. The smallest absolute Gasteiger partial charge is 0.141 e. The highest BCUT2D eigenvalue weighted by atomic mass is 35.5. The molecule has 0 amide bonds. The highest BCUT2D eigenvalue weighted by Crippen LogP contribution is 2.20. The van der Waals surface area contributed by atoms with Crippen molar-refractivity contribution in [3.8, 4) is 0 Å². The van der Waals surface area contributed by atoms with Crippen molar-refractivity contribution in [3.63, 3.8) is 0 Å². The number of hydrogen-bond acceptors (Lipinski definition) is 1. The van der Waals surface area contributed by atoms with Crippen LogP contribution in [0.25, 0.3) is 0 Å². The molecule has 0 radical (unpaired) electrons. The number of nitrogens with one attached hydrogen (secondary N) is 1. The van der Waals surface area contributed by atoms with Crippen LogP contribution in [0.3, 0.4) is 0 Å². The minimum absolute atomic E-state index is 0.233. The van der Waals surface area contributed by atoms with Crippen molar-refractivity contribution >= 4 is 11.6 Å². The standard InChI is InChI=1S/C12H15ClFN/c13-11-7-9(3-4-12(11)14)1-2-10-5-6-15-8-10/h3-4,7,10,15H,1-2,5-6,8H2. The molecule has 1 aliphatic heterocycles. The zero-order valence-corrected chi connectivity index (χ0v) is 9.36. The first-order valence-corrected chi connectivity index (χ1v) is 5.78. The van der Waals surface area contributed by atoms with Crippen molar-refractivity contribution in [2.45, 2.75) is 19.3 Å². The largest absolute Gasteiger partial charge is 0.316 e. The second kappa shape index (κ2) is 4.95. The quantitative estimate of drug-likeness (QED) is 0.837. The van der Waals surface area contributed by atoms with Gasteiger partial charge < -0.3 is 5.32 Å². The molecule has 1 atom stereocenters. The van der Waals surface area contributed by atoms with Gasteiger partial charge in [-0.25, -0.2) is 4.39 Å². The van der Waals surface area contributed by atoms with Crippen molar-refractivity contribution in [2.75, 3.05) is 13.1 Å². The Bertz CT molecular complexity index is 334. The van der Waals surface area contributed by atoms with Crippen LogP contribution < -0.4 is 5.32 Å². The molecule has 82 valence electrons. The van der Waals surface area contributed by atoms with Crippen LogP contribution in [0.1, 0.15) is 18.4 Å². The van der Waals surface area contributed by atoms with E-state index in [-0.39, 0.29) is 10.8 Å². The molecule has 0 aromatic heterocycles. The molecule has 1 unspecified atom stereocenters. The number of hydrogen-bond donors (Lipinski definition) is 1. The summed E-state index contributed by atoms with van der Waals surface area (Å²) >= 11 is 5.72. The maximum atomic E-state index is 12.9. The molecule has 0 aliphatic carbocycles. The summed E-state index contributed by atoms with van der Waals surface area (Å²) < 4.78 is 12.9. The lowest BCUT2D eigenvalue weighted by molar-refractivity contribution is 0.532. The van der Waals surface area contributed by atoms with Crippen LogP contribution in [0.15, 0.2) is 18.2 Å². The number of benzene rings is 1. The van der Waals surface area contributed by atoms with Gasteiger partial charge in [0.05, 0.1) is 5.02 Å². The highest BCUT2D eigenvalue weighted by molar-refractivity contribution is 6.30. The Balaban J connectivity index is 1.90. The normalized spacial score (nSPS) is 20.8. The lowest BCUT2D eigenvalue weighted by atomic mass is 9.99. The summed E-state index contributed by atoms with van der Waals surface area (Å²) in [4.78, 5) is 0. The van der Waals surface area contributed by atoms with Crippen molar-refractivity contribution in [1.29, 1.82) is 0 Å². The van der Waals surface area contributed by atoms with E-state index in [1.54, 1.807) is 6.07 Å². The Labute approximate surface area is 94.6 Å². The molecule has 0 saturated carbocycles. The van der Waals surface area contributed by atoms with Crippen molar-refractivity contribution in [3.05, 3.63) is 34.6 Å². The van der Waals surface area contributed by atoms with Gasteiger partial charge in [0, 0.05) is 0 Å². The van der Waals surface area contributed by atoms with Crippen molar-refractivity contribution in [2.24, 2.45) is 5.92 Å². The van der Waals surface area contributed by atoms with E-state index in [0.717, 1.165) is 37.4 Å². The van der Waals surface area contributed by atoms with Crippen LogP contribution in [0, 0.1) is 11.7 Å². The summed E-state index contributed by atoms with van der Waals surface area (Å²) in [7, 11) is 0. The van der Waals surface area contributed by atoms with Gasteiger partial charge in [0.15, 0.2) is 0 Å². The third-order valence-electron chi connectivity index (χ3n) is 2.99. The van der Waals surface area contributed by atoms with Crippen molar-refractivity contribution < 1.29 is 4.39 Å². The van der Waals surface area contributed by atoms with Crippen LogP contribution >= 0.6 is 11.6 Å². The van der Waals surface area contributed by atoms with Gasteiger partial charge in [-0.3, -0.25) is 0 Å². The van der Waals surface area contributed by atoms with Gasteiger partial charge in [-0.15, -0.1) is 0 Å². The van der Waals surface area contributed by atoms with Gasteiger partial charge in [0.25, 0.3) is 0 Å². The molecular weight excluding hydrogens is 213 g/mol. The van der Waals surface area contributed by atoms with Crippen molar-refractivity contribution in [1.82, 2.24) is 5.32 Å². The third-order valence-corrected chi connectivity index (χ3v) is 3.28. The average Bonchev–Trinajstić information content (AvgIpc) is 2.73. The predicted molar refractivity (Wildman–Crippen MR) is 60.7 cm³/mol. The average molecular weight is 228 g/mol. The fourth-order valence-corrected chi connectivity index (χ4v) is 2.23. The third kappa shape index (κ3) is 2.93. The van der Waals surface area contributed by atoms with E-state index < -0.39 is 0 Å². The molecule has 1 nitrogen and oxygen atoms in total. The summed E-state index contributed by atoms with van der Waals surface area (Å²) in [5.41, 5.74) is 1.13. The molecule has 1 aromatic rings. The Kier molecular flexibility index (Phi) is 3.60. The van der Waals surface area contributed by atoms with Gasteiger partial charge in [-0.05, 0) is 56.0 Å². The lowest BCUT2D eigenvalue weighted by Crippen LogP contribution is -2.09. The number of rotatable bonds is 3. The Morgan fingerprint density at radius 1 is 1.47 bits per heavy atom. The number of halogens is 2.